The minimum Gasteiger partial charge on any atom is -0.478 e. The van der Waals surface area contributed by atoms with Crippen LogP contribution >= 0.6 is 0 Å². The first-order chi connectivity index (χ1) is 21.2. The topological polar surface area (TPSA) is 78.9 Å². The molecule has 3 unspecified atom stereocenters. The van der Waals surface area contributed by atoms with E-state index in [-0.39, 0.29) is 33.1 Å². The first-order valence-corrected chi connectivity index (χ1v) is 17.7. The maximum atomic E-state index is 13.4. The lowest BCUT2D eigenvalue weighted by Crippen LogP contribution is -2.68. The molecule has 4 fully saturated rings. The molecule has 4 saturated carbocycles. The Balaban J connectivity index is 1.25. The molecule has 0 spiro atoms. The van der Waals surface area contributed by atoms with Gasteiger partial charge in [0.1, 0.15) is 0 Å². The number of nitrogens with zero attached hydrogens (tertiary/aromatic N) is 1. The number of nitrogens with one attached hydrogen (secondary N) is 1. The number of aromatic carboxylic acids is 1. The monoisotopic (exact) mass is 618 g/mol. The van der Waals surface area contributed by atoms with Crippen LogP contribution in [0, 0.1) is 45.3 Å². The molecule has 0 heterocycles. The van der Waals surface area contributed by atoms with Gasteiger partial charge in [-0.05, 0) is 133 Å². The van der Waals surface area contributed by atoms with Crippen molar-refractivity contribution in [1.29, 1.82) is 0 Å². The summed E-state index contributed by atoms with van der Waals surface area (Å²) < 4.78 is 5.23. The number of likely N-dealkylation sites (N-methyl/N-ethyl adjacent to an activating group) is 1. The predicted molar refractivity (Wildman–Crippen MR) is 180 cm³/mol. The van der Waals surface area contributed by atoms with Gasteiger partial charge in [-0.3, -0.25) is 9.69 Å². The van der Waals surface area contributed by atoms with E-state index in [1.54, 1.807) is 19.2 Å². The number of carbonyl (C=O) groups excluding carboxylic acids is 1. The minimum absolute atomic E-state index is 0.0185. The Morgan fingerprint density at radius 1 is 0.911 bits per heavy atom. The Bertz CT molecular complexity index is 1340. The van der Waals surface area contributed by atoms with Gasteiger partial charge in [-0.25, -0.2) is 4.79 Å². The molecule has 1 amide bonds. The molecular weight excluding hydrogens is 560 g/mol. The standard InChI is InChI=1S/C39H58N2O4/c1-35(2)28(26-10-12-27(13-11-26)34(43)44)16-19-36(3)31(35)17-20-38(5)32(36)15-14-29-30-9-8-18-39(30,22-21-37(29,38)4)40-33(42)25-41(6)23-24-45-7/h10-13,16,29-32H,8-9,14-15,17-25H2,1-7H3,(H,40,42)(H,43,44)/t29-,30?,31?,32?,36+,37-,38-,39+/m1/s1. The SMILES string of the molecule is COCCN(C)CC(=O)N[C@]12CCCC1[C@H]1CCC3[C@@]4(C)CC=C(c5ccc(C(=O)O)cc5)C(C)(C)C4CC[C@@]3(C)[C@]1(C)CC2. The summed E-state index contributed by atoms with van der Waals surface area (Å²) in [5.41, 5.74) is 3.70. The number of allylic oxidation sites excluding steroid dienone is 2. The molecule has 2 N–H and O–H groups in total. The maximum Gasteiger partial charge on any atom is 0.335 e. The number of rotatable bonds is 8. The van der Waals surface area contributed by atoms with Crippen LogP contribution in [0.2, 0.25) is 0 Å². The first kappa shape index (κ1) is 32.7. The summed E-state index contributed by atoms with van der Waals surface area (Å²) in [7, 11) is 3.73. The van der Waals surface area contributed by atoms with E-state index in [1.807, 2.05) is 19.2 Å². The molecule has 6 heteroatoms. The van der Waals surface area contributed by atoms with Gasteiger partial charge in [0.25, 0.3) is 0 Å². The molecule has 0 aliphatic heterocycles. The van der Waals surface area contributed by atoms with Crippen LogP contribution in [0.15, 0.2) is 30.3 Å². The van der Waals surface area contributed by atoms with Crippen LogP contribution in [0.4, 0.5) is 0 Å². The zero-order chi connectivity index (χ0) is 32.4. The Hall–Kier alpha value is -2.18. The zero-order valence-electron chi connectivity index (χ0n) is 29.0. The van der Waals surface area contributed by atoms with Gasteiger partial charge < -0.3 is 15.2 Å². The zero-order valence-corrected chi connectivity index (χ0v) is 29.0. The van der Waals surface area contributed by atoms with Crippen molar-refractivity contribution >= 4 is 17.4 Å². The van der Waals surface area contributed by atoms with Crippen molar-refractivity contribution < 1.29 is 19.4 Å². The molecule has 5 aliphatic rings. The lowest BCUT2D eigenvalue weighted by Gasteiger charge is -2.72. The third kappa shape index (κ3) is 5.03. The molecule has 0 radical (unpaired) electrons. The van der Waals surface area contributed by atoms with Gasteiger partial charge >= 0.3 is 5.97 Å². The molecule has 0 aromatic heterocycles. The number of carboxylic acid groups (broad SMARTS) is 1. The second-order valence-corrected chi connectivity index (χ2v) is 17.0. The van der Waals surface area contributed by atoms with E-state index in [2.05, 4.69) is 50.9 Å². The molecule has 6 nitrogen and oxygen atoms in total. The van der Waals surface area contributed by atoms with E-state index in [4.69, 9.17) is 4.74 Å². The van der Waals surface area contributed by atoms with Gasteiger partial charge in [0, 0.05) is 19.2 Å². The van der Waals surface area contributed by atoms with Crippen LogP contribution < -0.4 is 5.32 Å². The van der Waals surface area contributed by atoms with Crippen molar-refractivity contribution in [3.05, 3.63) is 41.5 Å². The average molecular weight is 619 g/mol. The fourth-order valence-electron chi connectivity index (χ4n) is 12.6. The molecule has 5 aliphatic carbocycles. The number of fused-ring (bicyclic) bond motifs is 7. The number of hydrogen-bond acceptors (Lipinski definition) is 4. The fourth-order valence-corrected chi connectivity index (χ4v) is 12.6. The third-order valence-electron chi connectivity index (χ3n) is 14.9. The highest BCUT2D eigenvalue weighted by Crippen LogP contribution is 2.76. The van der Waals surface area contributed by atoms with Gasteiger partial charge in [-0.2, -0.15) is 0 Å². The quantitative estimate of drug-likeness (QED) is 0.313. The highest BCUT2D eigenvalue weighted by atomic mass is 16.5. The summed E-state index contributed by atoms with van der Waals surface area (Å²) in [5, 5.41) is 13.1. The van der Waals surface area contributed by atoms with Crippen LogP contribution in [0.1, 0.15) is 115 Å². The summed E-state index contributed by atoms with van der Waals surface area (Å²) in [6, 6.07) is 7.56. The van der Waals surface area contributed by atoms with Gasteiger partial charge in [0.15, 0.2) is 0 Å². The Labute approximate surface area is 271 Å². The smallest absolute Gasteiger partial charge is 0.335 e. The summed E-state index contributed by atoms with van der Waals surface area (Å²) >= 11 is 0. The van der Waals surface area contributed by atoms with E-state index in [1.165, 1.54) is 56.1 Å². The van der Waals surface area contributed by atoms with E-state index in [0.717, 1.165) is 25.8 Å². The number of methoxy groups -OCH3 is 1. The normalized spacial score (nSPS) is 40.0. The van der Waals surface area contributed by atoms with Crippen LogP contribution in [-0.2, 0) is 9.53 Å². The van der Waals surface area contributed by atoms with E-state index >= 15 is 0 Å². The molecule has 6 rings (SSSR count). The summed E-state index contributed by atoms with van der Waals surface area (Å²) in [6.45, 7) is 14.7. The molecule has 45 heavy (non-hydrogen) atoms. The molecule has 8 atom stereocenters. The average Bonchev–Trinajstić information content (AvgIpc) is 3.39. The number of amides is 1. The highest BCUT2D eigenvalue weighted by molar-refractivity contribution is 5.88. The molecule has 248 valence electrons. The van der Waals surface area contributed by atoms with Gasteiger partial charge in [-0.15, -0.1) is 0 Å². The van der Waals surface area contributed by atoms with E-state index in [9.17, 15) is 14.7 Å². The van der Waals surface area contributed by atoms with E-state index in [0.29, 0.717) is 42.4 Å². The van der Waals surface area contributed by atoms with Crippen molar-refractivity contribution in [2.75, 3.05) is 33.9 Å². The first-order valence-electron chi connectivity index (χ1n) is 17.7. The predicted octanol–water partition coefficient (Wildman–Crippen LogP) is 7.68. The van der Waals surface area contributed by atoms with Crippen molar-refractivity contribution in [3.8, 4) is 0 Å². The maximum absolute atomic E-state index is 13.4. The molecule has 1 aromatic rings. The number of carboxylic acids is 1. The largest absolute Gasteiger partial charge is 0.478 e. The lowest BCUT2D eigenvalue weighted by molar-refractivity contribution is -0.217. The number of benzene rings is 1. The van der Waals surface area contributed by atoms with Gasteiger partial charge in [0.2, 0.25) is 5.91 Å². The van der Waals surface area contributed by atoms with Gasteiger partial charge in [0.05, 0.1) is 18.7 Å². The van der Waals surface area contributed by atoms with Crippen molar-refractivity contribution in [1.82, 2.24) is 10.2 Å². The molecule has 1 aromatic carbocycles. The summed E-state index contributed by atoms with van der Waals surface area (Å²) in [6.07, 6.45) is 14.6. The summed E-state index contributed by atoms with van der Waals surface area (Å²) in [5.74, 6) is 1.82. The molecular formula is C39H58N2O4. The Morgan fingerprint density at radius 3 is 2.33 bits per heavy atom. The number of ether oxygens (including phenoxy) is 1. The Kier molecular flexibility index (Phi) is 8.37. The summed E-state index contributed by atoms with van der Waals surface area (Å²) in [4.78, 5) is 26.9. The number of carbonyl (C=O) groups is 2. The van der Waals surface area contributed by atoms with Crippen molar-refractivity contribution in [2.24, 2.45) is 45.3 Å². The fraction of sp³-hybridized carbons (Fsp3) is 0.744. The van der Waals surface area contributed by atoms with Gasteiger partial charge in [-0.1, -0.05) is 59.2 Å². The second-order valence-electron chi connectivity index (χ2n) is 17.0. The third-order valence-corrected chi connectivity index (χ3v) is 14.9. The van der Waals surface area contributed by atoms with E-state index < -0.39 is 5.97 Å². The number of hydrogen-bond donors (Lipinski definition) is 2. The van der Waals surface area contributed by atoms with Crippen LogP contribution in [0.5, 0.6) is 0 Å². The van der Waals surface area contributed by atoms with Crippen molar-refractivity contribution in [2.45, 2.75) is 104 Å². The highest BCUT2D eigenvalue weighted by Gasteiger charge is 2.69. The molecule has 0 saturated heterocycles. The van der Waals surface area contributed by atoms with Crippen LogP contribution in [0.25, 0.3) is 5.57 Å². The molecule has 0 bridgehead atoms. The van der Waals surface area contributed by atoms with Crippen LogP contribution in [-0.4, -0.2) is 61.3 Å². The Morgan fingerprint density at radius 2 is 1.64 bits per heavy atom. The minimum atomic E-state index is -0.868. The lowest BCUT2D eigenvalue weighted by atomic mass is 9.33. The van der Waals surface area contributed by atoms with Crippen LogP contribution in [0.3, 0.4) is 0 Å². The van der Waals surface area contributed by atoms with Crippen molar-refractivity contribution in [3.63, 3.8) is 0 Å². The second kappa shape index (κ2) is 11.5.